The van der Waals surface area contributed by atoms with Gasteiger partial charge in [-0.1, -0.05) is 25.1 Å². The fourth-order valence-electron chi connectivity index (χ4n) is 2.67. The van der Waals surface area contributed by atoms with E-state index in [1.165, 1.54) is 25.7 Å². The summed E-state index contributed by atoms with van der Waals surface area (Å²) in [7, 11) is 0. The third-order valence-electron chi connectivity index (χ3n) is 3.84. The van der Waals surface area contributed by atoms with Gasteiger partial charge in [0, 0.05) is 11.6 Å². The second-order valence-electron chi connectivity index (χ2n) is 5.13. The largest absolute Gasteiger partial charge is 0.389 e. The summed E-state index contributed by atoms with van der Waals surface area (Å²) in [5, 5.41) is 3.27. The predicted molar refractivity (Wildman–Crippen MR) is 85.0 cm³/mol. The van der Waals surface area contributed by atoms with Crippen molar-refractivity contribution < 1.29 is 4.39 Å². The predicted octanol–water partition coefficient (Wildman–Crippen LogP) is 4.21. The molecule has 19 heavy (non-hydrogen) atoms. The lowest BCUT2D eigenvalue weighted by atomic mass is 9.99. The first-order valence-electron chi connectivity index (χ1n) is 6.55. The van der Waals surface area contributed by atoms with Crippen LogP contribution in [0.3, 0.4) is 0 Å². The highest BCUT2D eigenvalue weighted by Gasteiger charge is 2.22. The Kier molecular flexibility index (Phi) is 4.79. The molecule has 0 spiro atoms. The lowest BCUT2D eigenvalue weighted by Crippen LogP contribution is -2.24. The van der Waals surface area contributed by atoms with E-state index in [1.807, 2.05) is 0 Å². The molecule has 0 aromatic heterocycles. The number of hydrogen-bond acceptors (Lipinski definition) is 2. The molecule has 0 radical (unpaired) electrons. The highest BCUT2D eigenvalue weighted by atomic mass is 79.9. The van der Waals surface area contributed by atoms with Crippen LogP contribution in [0.1, 0.15) is 38.2 Å². The molecule has 2 rings (SSSR count). The molecule has 0 aliphatic heterocycles. The quantitative estimate of drug-likeness (QED) is 0.803. The number of halogens is 2. The topological polar surface area (TPSA) is 38.0 Å². The number of rotatable bonds is 4. The van der Waals surface area contributed by atoms with Crippen LogP contribution in [0, 0.1) is 11.7 Å². The summed E-state index contributed by atoms with van der Waals surface area (Å²) in [6.07, 6.45) is 5.01. The fourth-order valence-corrected chi connectivity index (χ4v) is 3.53. The number of hydrogen-bond donors (Lipinski definition) is 2. The van der Waals surface area contributed by atoms with Crippen LogP contribution >= 0.6 is 28.1 Å². The van der Waals surface area contributed by atoms with Gasteiger partial charge in [-0.15, -0.1) is 0 Å². The Morgan fingerprint density at radius 2 is 2.11 bits per heavy atom. The van der Waals surface area contributed by atoms with Crippen LogP contribution in [0.15, 0.2) is 16.6 Å². The smallest absolute Gasteiger partial charge is 0.161 e. The first kappa shape index (κ1) is 14.7. The molecular formula is C14H18BrFN2S. The Morgan fingerprint density at radius 1 is 1.47 bits per heavy atom. The molecule has 1 unspecified atom stereocenters. The SMILES string of the molecule is CC(Nc1ccc(C(N)=S)c(Br)c1F)C1CCCC1. The van der Waals surface area contributed by atoms with E-state index >= 15 is 0 Å². The Labute approximate surface area is 127 Å². The van der Waals surface area contributed by atoms with Crippen LogP contribution in [0.5, 0.6) is 0 Å². The van der Waals surface area contributed by atoms with Gasteiger partial charge in [0.25, 0.3) is 0 Å². The van der Waals surface area contributed by atoms with Crippen molar-refractivity contribution in [3.63, 3.8) is 0 Å². The van der Waals surface area contributed by atoms with Crippen molar-refractivity contribution in [2.75, 3.05) is 5.32 Å². The summed E-state index contributed by atoms with van der Waals surface area (Å²) < 4.78 is 14.6. The molecular weight excluding hydrogens is 327 g/mol. The van der Waals surface area contributed by atoms with Crippen LogP contribution in [-0.4, -0.2) is 11.0 Å². The third kappa shape index (κ3) is 3.26. The minimum absolute atomic E-state index is 0.196. The van der Waals surface area contributed by atoms with Crippen LogP contribution in [-0.2, 0) is 0 Å². The molecule has 3 N–H and O–H groups in total. The minimum Gasteiger partial charge on any atom is -0.389 e. The molecule has 1 aromatic carbocycles. The second kappa shape index (κ2) is 6.18. The zero-order valence-electron chi connectivity index (χ0n) is 10.9. The number of benzene rings is 1. The van der Waals surface area contributed by atoms with Gasteiger partial charge in [0.2, 0.25) is 0 Å². The molecule has 1 aliphatic carbocycles. The summed E-state index contributed by atoms with van der Waals surface area (Å²) >= 11 is 8.11. The maximum atomic E-state index is 14.2. The lowest BCUT2D eigenvalue weighted by Gasteiger charge is -2.22. The number of thiocarbonyl (C=S) groups is 1. The van der Waals surface area contributed by atoms with E-state index in [0.717, 1.165) is 0 Å². The molecule has 0 saturated heterocycles. The van der Waals surface area contributed by atoms with Crippen molar-refractivity contribution in [2.24, 2.45) is 11.7 Å². The van der Waals surface area contributed by atoms with Crippen molar-refractivity contribution in [1.29, 1.82) is 0 Å². The lowest BCUT2D eigenvalue weighted by molar-refractivity contribution is 0.479. The number of nitrogens with two attached hydrogens (primary N) is 1. The molecule has 1 fully saturated rings. The molecule has 1 aromatic rings. The highest BCUT2D eigenvalue weighted by Crippen LogP contribution is 2.32. The monoisotopic (exact) mass is 344 g/mol. The average molecular weight is 345 g/mol. The van der Waals surface area contributed by atoms with Gasteiger partial charge in [0.15, 0.2) is 5.82 Å². The summed E-state index contributed by atoms with van der Waals surface area (Å²) in [5.41, 5.74) is 6.59. The van der Waals surface area contributed by atoms with Crippen molar-refractivity contribution in [1.82, 2.24) is 0 Å². The van der Waals surface area contributed by atoms with Gasteiger partial charge in [0.1, 0.15) is 4.99 Å². The Hall–Kier alpha value is -0.680. The van der Waals surface area contributed by atoms with Gasteiger partial charge in [-0.25, -0.2) is 4.39 Å². The molecule has 104 valence electrons. The van der Waals surface area contributed by atoms with E-state index < -0.39 is 0 Å². The molecule has 2 nitrogen and oxygen atoms in total. The summed E-state index contributed by atoms with van der Waals surface area (Å²) in [5.74, 6) is 0.309. The molecule has 0 amide bonds. The van der Waals surface area contributed by atoms with Gasteiger partial charge >= 0.3 is 0 Å². The van der Waals surface area contributed by atoms with E-state index in [4.69, 9.17) is 18.0 Å². The molecule has 5 heteroatoms. The molecule has 1 atom stereocenters. The zero-order valence-corrected chi connectivity index (χ0v) is 13.3. The Balaban J connectivity index is 2.16. The maximum absolute atomic E-state index is 14.2. The maximum Gasteiger partial charge on any atom is 0.161 e. The third-order valence-corrected chi connectivity index (χ3v) is 4.83. The van der Waals surface area contributed by atoms with Gasteiger partial charge in [0.05, 0.1) is 10.2 Å². The molecule has 0 heterocycles. The van der Waals surface area contributed by atoms with E-state index in [0.29, 0.717) is 21.6 Å². The Morgan fingerprint density at radius 3 is 2.68 bits per heavy atom. The van der Waals surface area contributed by atoms with Crippen molar-refractivity contribution in [3.05, 3.63) is 28.0 Å². The fraction of sp³-hybridized carbons (Fsp3) is 0.500. The highest BCUT2D eigenvalue weighted by molar-refractivity contribution is 9.10. The number of anilines is 1. The second-order valence-corrected chi connectivity index (χ2v) is 6.36. The van der Waals surface area contributed by atoms with Crippen LogP contribution in [0.2, 0.25) is 0 Å². The van der Waals surface area contributed by atoms with Gasteiger partial charge < -0.3 is 11.1 Å². The number of nitrogens with one attached hydrogen (secondary N) is 1. The van der Waals surface area contributed by atoms with Gasteiger partial charge in [-0.3, -0.25) is 0 Å². The van der Waals surface area contributed by atoms with Crippen molar-refractivity contribution in [2.45, 2.75) is 38.6 Å². The van der Waals surface area contributed by atoms with Crippen LogP contribution in [0.4, 0.5) is 10.1 Å². The minimum atomic E-state index is -0.324. The Bertz CT molecular complexity index is 487. The molecule has 1 saturated carbocycles. The van der Waals surface area contributed by atoms with Crippen molar-refractivity contribution in [3.8, 4) is 0 Å². The van der Waals surface area contributed by atoms with Gasteiger partial charge in [-0.2, -0.15) is 0 Å². The standard InChI is InChI=1S/C14H18BrFN2S/c1-8(9-4-2-3-5-9)18-11-7-6-10(14(17)19)12(15)13(11)16/h6-9,18H,2-5H2,1H3,(H2,17,19). The summed E-state index contributed by atoms with van der Waals surface area (Å²) in [4.78, 5) is 0.196. The van der Waals surface area contributed by atoms with Crippen molar-refractivity contribution >= 4 is 38.8 Å². The van der Waals surface area contributed by atoms with Crippen LogP contribution in [0.25, 0.3) is 0 Å². The zero-order chi connectivity index (χ0) is 14.0. The summed E-state index contributed by atoms with van der Waals surface area (Å²) in [6.45, 7) is 2.12. The average Bonchev–Trinajstić information content (AvgIpc) is 2.88. The molecule has 1 aliphatic rings. The van der Waals surface area contributed by atoms with Crippen LogP contribution < -0.4 is 11.1 Å². The first-order valence-corrected chi connectivity index (χ1v) is 7.75. The van der Waals surface area contributed by atoms with E-state index in [2.05, 4.69) is 28.2 Å². The normalized spacial score (nSPS) is 17.4. The van der Waals surface area contributed by atoms with E-state index in [1.54, 1.807) is 12.1 Å². The van der Waals surface area contributed by atoms with Gasteiger partial charge in [-0.05, 0) is 53.7 Å². The van der Waals surface area contributed by atoms with E-state index in [-0.39, 0.29) is 16.8 Å². The summed E-state index contributed by atoms with van der Waals surface area (Å²) in [6, 6.07) is 3.73. The first-order chi connectivity index (χ1) is 9.00. The molecule has 0 bridgehead atoms. The van der Waals surface area contributed by atoms with E-state index in [9.17, 15) is 4.39 Å².